The molecule has 1 unspecified atom stereocenters. The average molecular weight is 355 g/mol. The largest absolute Gasteiger partial charge is 0.258 e. The van der Waals surface area contributed by atoms with Gasteiger partial charge in [-0.05, 0) is 69.4 Å². The van der Waals surface area contributed by atoms with Crippen LogP contribution < -0.4 is 0 Å². The maximum Gasteiger partial charge on any atom is 0.102 e. The van der Waals surface area contributed by atoms with Crippen LogP contribution >= 0.6 is 39.1 Å². The Morgan fingerprint density at radius 2 is 2.05 bits per heavy atom. The lowest BCUT2D eigenvalue weighted by Gasteiger charge is -2.13. The highest BCUT2D eigenvalue weighted by Gasteiger charge is 2.23. The summed E-state index contributed by atoms with van der Waals surface area (Å²) < 4.78 is 0.947. The highest BCUT2D eigenvalue weighted by Crippen LogP contribution is 2.40. The van der Waals surface area contributed by atoms with E-state index < -0.39 is 0 Å². The maximum atomic E-state index is 6.60. The van der Waals surface area contributed by atoms with E-state index in [9.17, 15) is 0 Å². The van der Waals surface area contributed by atoms with Crippen LogP contribution in [0.4, 0.5) is 0 Å². The van der Waals surface area contributed by atoms with Gasteiger partial charge in [0.1, 0.15) is 5.38 Å². The van der Waals surface area contributed by atoms with Gasteiger partial charge in [0, 0.05) is 15.7 Å². The molecule has 1 nitrogen and oxygen atoms in total. The summed E-state index contributed by atoms with van der Waals surface area (Å²) in [7, 11) is 0. The molecule has 0 amide bonds. The van der Waals surface area contributed by atoms with Crippen LogP contribution in [-0.2, 0) is 0 Å². The number of alkyl halides is 1. The predicted octanol–water partition coefficient (Wildman–Crippen LogP) is 5.70. The molecule has 0 fully saturated rings. The van der Waals surface area contributed by atoms with Crippen molar-refractivity contribution in [1.29, 1.82) is 0 Å². The smallest absolute Gasteiger partial charge is 0.102 e. The van der Waals surface area contributed by atoms with Crippen LogP contribution in [0.3, 0.4) is 0 Å². The predicted molar refractivity (Wildman–Crippen MR) is 84.6 cm³/mol. The van der Waals surface area contributed by atoms with Gasteiger partial charge in [-0.25, -0.2) is 0 Å². The number of pyridine rings is 1. The van der Waals surface area contributed by atoms with Crippen LogP contribution in [0.15, 0.2) is 34.9 Å². The van der Waals surface area contributed by atoms with E-state index in [1.165, 1.54) is 0 Å². The number of hydrogen-bond donors (Lipinski definition) is 0. The molecule has 1 heterocycles. The fourth-order valence-corrected chi connectivity index (χ4v) is 3.24. The Kier molecular flexibility index (Phi) is 3.42. The summed E-state index contributed by atoms with van der Waals surface area (Å²) in [6.07, 6.45) is 3.88. The van der Waals surface area contributed by atoms with Crippen molar-refractivity contribution in [2.24, 2.45) is 0 Å². The summed E-state index contributed by atoms with van der Waals surface area (Å²) in [6.45, 7) is 2.06. The van der Waals surface area contributed by atoms with Gasteiger partial charge in [0.25, 0.3) is 0 Å². The lowest BCUT2D eigenvalue weighted by Crippen LogP contribution is -2.00. The molecule has 2 aromatic rings. The minimum absolute atomic E-state index is 0.260. The van der Waals surface area contributed by atoms with Crippen LogP contribution in [-0.4, -0.2) is 4.98 Å². The van der Waals surface area contributed by atoms with E-state index in [-0.39, 0.29) is 5.38 Å². The van der Waals surface area contributed by atoms with Crippen LogP contribution in [0.25, 0.3) is 11.6 Å². The zero-order valence-electron chi connectivity index (χ0n) is 10.1. The number of aromatic nitrogens is 1. The first-order chi connectivity index (χ1) is 9.06. The van der Waals surface area contributed by atoms with Crippen molar-refractivity contribution in [3.63, 3.8) is 0 Å². The summed E-state index contributed by atoms with van der Waals surface area (Å²) in [5.74, 6) is 0. The molecule has 1 aromatic carbocycles. The second-order valence-electron chi connectivity index (χ2n) is 4.55. The fourth-order valence-electron chi connectivity index (χ4n) is 2.34. The molecule has 0 bridgehead atoms. The SMILES string of the molecule is CC1=Cc2cc(Br)cnc2C(Cl)c2ccc(Cl)cc21. The topological polar surface area (TPSA) is 12.9 Å². The standard InChI is InChI=1S/C15H10BrCl2N/c1-8-4-9-5-10(16)7-19-15(9)14(18)12-3-2-11(17)6-13(8)12/h2-7,14H,1H3. The fraction of sp³-hybridized carbons (Fsp3) is 0.133. The molecule has 0 saturated heterocycles. The molecule has 3 rings (SSSR count). The van der Waals surface area contributed by atoms with Gasteiger partial charge in [-0.1, -0.05) is 17.7 Å². The third-order valence-electron chi connectivity index (χ3n) is 3.24. The van der Waals surface area contributed by atoms with E-state index in [2.05, 4.69) is 33.9 Å². The second-order valence-corrected chi connectivity index (χ2v) is 6.34. The Balaban J connectivity index is 2.30. The Morgan fingerprint density at radius 1 is 1.26 bits per heavy atom. The molecule has 0 aliphatic heterocycles. The number of rotatable bonds is 0. The molecule has 4 heteroatoms. The normalized spacial score (nSPS) is 17.3. The lowest BCUT2D eigenvalue weighted by atomic mass is 9.99. The number of benzene rings is 1. The van der Waals surface area contributed by atoms with Crippen LogP contribution in [0.2, 0.25) is 5.02 Å². The van der Waals surface area contributed by atoms with E-state index >= 15 is 0 Å². The minimum atomic E-state index is -0.260. The Hall–Kier alpha value is -0.830. The number of nitrogens with zero attached hydrogens (tertiary/aromatic N) is 1. The van der Waals surface area contributed by atoms with Gasteiger partial charge >= 0.3 is 0 Å². The molecule has 96 valence electrons. The summed E-state index contributed by atoms with van der Waals surface area (Å²) in [5.41, 5.74) is 5.20. The van der Waals surface area contributed by atoms with Gasteiger partial charge in [-0.2, -0.15) is 0 Å². The number of halogens is 3. The summed E-state index contributed by atoms with van der Waals surface area (Å²) in [4.78, 5) is 4.46. The quantitative estimate of drug-likeness (QED) is 0.553. The molecule has 1 atom stereocenters. The molecular formula is C15H10BrCl2N. The van der Waals surface area contributed by atoms with Gasteiger partial charge in [0.15, 0.2) is 0 Å². The molecule has 19 heavy (non-hydrogen) atoms. The van der Waals surface area contributed by atoms with Gasteiger partial charge in [0.2, 0.25) is 0 Å². The average Bonchev–Trinajstić information content (AvgIpc) is 2.46. The number of hydrogen-bond acceptors (Lipinski definition) is 1. The summed E-state index contributed by atoms with van der Waals surface area (Å²) >= 11 is 16.1. The van der Waals surface area contributed by atoms with Crippen LogP contribution in [0.5, 0.6) is 0 Å². The highest BCUT2D eigenvalue weighted by atomic mass is 79.9. The van der Waals surface area contributed by atoms with E-state index in [1.54, 1.807) is 6.20 Å². The first-order valence-corrected chi connectivity index (χ1v) is 7.44. The first kappa shape index (κ1) is 13.2. The summed E-state index contributed by atoms with van der Waals surface area (Å²) in [6, 6.07) is 7.84. The zero-order chi connectivity index (χ0) is 13.6. The molecule has 0 saturated carbocycles. The lowest BCUT2D eigenvalue weighted by molar-refractivity contribution is 1.03. The number of allylic oxidation sites excluding steroid dienone is 1. The van der Waals surface area contributed by atoms with Crippen molar-refractivity contribution in [2.75, 3.05) is 0 Å². The first-order valence-electron chi connectivity index (χ1n) is 5.84. The highest BCUT2D eigenvalue weighted by molar-refractivity contribution is 9.10. The van der Waals surface area contributed by atoms with Crippen molar-refractivity contribution in [3.05, 3.63) is 62.3 Å². The van der Waals surface area contributed by atoms with E-state index in [0.717, 1.165) is 37.5 Å². The van der Waals surface area contributed by atoms with E-state index in [0.29, 0.717) is 0 Å². The van der Waals surface area contributed by atoms with Gasteiger partial charge < -0.3 is 0 Å². The van der Waals surface area contributed by atoms with Crippen LogP contribution in [0, 0.1) is 0 Å². The third-order valence-corrected chi connectivity index (χ3v) is 4.35. The maximum absolute atomic E-state index is 6.60. The van der Waals surface area contributed by atoms with Crippen molar-refractivity contribution in [1.82, 2.24) is 4.98 Å². The Labute approximate surface area is 130 Å². The van der Waals surface area contributed by atoms with E-state index in [4.69, 9.17) is 23.2 Å². The number of fused-ring (bicyclic) bond motifs is 2. The van der Waals surface area contributed by atoms with Crippen molar-refractivity contribution in [3.8, 4) is 0 Å². The molecule has 0 N–H and O–H groups in total. The molecule has 1 aliphatic rings. The van der Waals surface area contributed by atoms with Crippen molar-refractivity contribution in [2.45, 2.75) is 12.3 Å². The van der Waals surface area contributed by atoms with Crippen molar-refractivity contribution < 1.29 is 0 Å². The monoisotopic (exact) mass is 353 g/mol. The van der Waals surface area contributed by atoms with Gasteiger partial charge in [-0.3, -0.25) is 4.98 Å². The van der Waals surface area contributed by atoms with Crippen molar-refractivity contribution >= 4 is 50.8 Å². The Morgan fingerprint density at radius 3 is 2.84 bits per heavy atom. The zero-order valence-corrected chi connectivity index (χ0v) is 13.2. The van der Waals surface area contributed by atoms with E-state index in [1.807, 2.05) is 24.3 Å². The molecule has 1 aliphatic carbocycles. The van der Waals surface area contributed by atoms with Crippen LogP contribution in [0.1, 0.15) is 34.7 Å². The molecular weight excluding hydrogens is 345 g/mol. The molecule has 0 spiro atoms. The third kappa shape index (κ3) is 2.33. The van der Waals surface area contributed by atoms with Gasteiger partial charge in [-0.15, -0.1) is 11.6 Å². The Bertz CT molecular complexity index is 695. The molecule has 1 aromatic heterocycles. The molecule has 0 radical (unpaired) electrons. The minimum Gasteiger partial charge on any atom is -0.258 e. The summed E-state index contributed by atoms with van der Waals surface area (Å²) in [5, 5.41) is 0.458. The second kappa shape index (κ2) is 4.93. The van der Waals surface area contributed by atoms with Gasteiger partial charge in [0.05, 0.1) is 5.69 Å².